The lowest BCUT2D eigenvalue weighted by Crippen LogP contribution is -2.13. The molecule has 18 heavy (non-hydrogen) atoms. The number of primary sulfonamides is 1. The van der Waals surface area contributed by atoms with E-state index in [1.54, 1.807) is 13.8 Å². The Morgan fingerprint density at radius 3 is 2.28 bits per heavy atom. The zero-order valence-corrected chi connectivity index (χ0v) is 12.3. The van der Waals surface area contributed by atoms with E-state index in [4.69, 9.17) is 14.1 Å². The number of nitrogens with zero attached hydrogens (tertiary/aromatic N) is 1. The molecule has 0 atom stereocenters. The molecule has 0 radical (unpaired) electrons. The molecule has 0 fully saturated rings. The summed E-state index contributed by atoms with van der Waals surface area (Å²) < 4.78 is 34.3. The largest absolute Gasteiger partial charge is 0.464 e. The summed E-state index contributed by atoms with van der Waals surface area (Å²) in [6.45, 7) is 4.91. The summed E-state index contributed by atoms with van der Waals surface area (Å²) in [5.74, 6) is 0.935. The molecule has 8 heteroatoms. The first-order valence-electron chi connectivity index (χ1n) is 4.98. The maximum Gasteiger partial charge on any atom is 0.242 e. The van der Waals surface area contributed by atoms with Crippen LogP contribution in [0.1, 0.15) is 17.2 Å². The van der Waals surface area contributed by atoms with Crippen LogP contribution in [0.4, 0.5) is 0 Å². The van der Waals surface area contributed by atoms with E-state index in [-0.39, 0.29) is 10.7 Å². The quantitative estimate of drug-likeness (QED) is 0.907. The van der Waals surface area contributed by atoms with Crippen LogP contribution in [0.5, 0.6) is 0 Å². The highest BCUT2D eigenvalue weighted by molar-refractivity contribution is 9.10. The predicted octanol–water partition coefficient (Wildman–Crippen LogP) is 2.27. The highest BCUT2D eigenvalue weighted by Crippen LogP contribution is 2.39. The van der Waals surface area contributed by atoms with Gasteiger partial charge in [0.2, 0.25) is 10.0 Å². The highest BCUT2D eigenvalue weighted by atomic mass is 79.9. The number of sulfonamides is 1. The summed E-state index contributed by atoms with van der Waals surface area (Å²) in [5, 5.41) is 8.97. The summed E-state index contributed by atoms with van der Waals surface area (Å²) in [6, 6.07) is 0. The van der Waals surface area contributed by atoms with Gasteiger partial charge in [0.15, 0.2) is 5.76 Å². The molecule has 0 saturated heterocycles. The first-order chi connectivity index (χ1) is 8.23. The molecular weight excluding hydrogens is 324 g/mol. The van der Waals surface area contributed by atoms with Crippen LogP contribution >= 0.6 is 15.9 Å². The van der Waals surface area contributed by atoms with Gasteiger partial charge in [0, 0.05) is 0 Å². The number of furan rings is 1. The van der Waals surface area contributed by atoms with Gasteiger partial charge >= 0.3 is 0 Å². The van der Waals surface area contributed by atoms with Crippen molar-refractivity contribution < 1.29 is 17.4 Å². The predicted molar refractivity (Wildman–Crippen MR) is 67.5 cm³/mol. The van der Waals surface area contributed by atoms with E-state index < -0.39 is 10.0 Å². The smallest absolute Gasteiger partial charge is 0.242 e. The molecule has 2 heterocycles. The van der Waals surface area contributed by atoms with Crippen molar-refractivity contribution in [2.75, 3.05) is 0 Å². The van der Waals surface area contributed by atoms with Crippen molar-refractivity contribution in [1.82, 2.24) is 5.16 Å². The fraction of sp³-hybridized carbons (Fsp3) is 0.300. The van der Waals surface area contributed by atoms with Gasteiger partial charge in [-0.25, -0.2) is 13.6 Å². The Morgan fingerprint density at radius 2 is 1.83 bits per heavy atom. The SMILES string of the molecule is Cc1noc(-c2c(C)oc(C)c2S(N)(=O)=O)c1Br. The number of rotatable bonds is 2. The molecule has 0 amide bonds. The van der Waals surface area contributed by atoms with Crippen molar-refractivity contribution in [3.8, 4) is 11.3 Å². The van der Waals surface area contributed by atoms with Gasteiger partial charge in [-0.15, -0.1) is 0 Å². The third kappa shape index (κ3) is 2.00. The van der Waals surface area contributed by atoms with E-state index in [0.717, 1.165) is 0 Å². The fourth-order valence-electron chi connectivity index (χ4n) is 1.78. The minimum absolute atomic E-state index is 0.0724. The normalized spacial score (nSPS) is 12.1. The van der Waals surface area contributed by atoms with Crippen molar-refractivity contribution >= 4 is 26.0 Å². The lowest BCUT2D eigenvalue weighted by Gasteiger charge is -1.99. The molecule has 0 aromatic carbocycles. The first-order valence-corrected chi connectivity index (χ1v) is 7.32. The van der Waals surface area contributed by atoms with Crippen molar-refractivity contribution in [2.24, 2.45) is 5.14 Å². The summed E-state index contributed by atoms with van der Waals surface area (Å²) in [6.07, 6.45) is 0. The Kier molecular flexibility index (Phi) is 3.12. The summed E-state index contributed by atoms with van der Waals surface area (Å²) >= 11 is 3.30. The molecule has 98 valence electrons. The van der Waals surface area contributed by atoms with Gasteiger partial charge in [0.1, 0.15) is 16.4 Å². The van der Waals surface area contributed by atoms with Crippen molar-refractivity contribution in [3.63, 3.8) is 0 Å². The molecule has 2 rings (SSSR count). The molecule has 2 aromatic heterocycles. The second kappa shape index (κ2) is 4.22. The Hall–Kier alpha value is -1.12. The molecule has 0 aliphatic rings. The average Bonchev–Trinajstić information content (AvgIpc) is 2.68. The number of aromatic nitrogens is 1. The molecule has 0 unspecified atom stereocenters. The Bertz CT molecular complexity index is 715. The van der Waals surface area contributed by atoms with Crippen LogP contribution < -0.4 is 5.14 Å². The zero-order valence-electron chi connectivity index (χ0n) is 9.94. The van der Waals surface area contributed by atoms with Crippen LogP contribution in [0.15, 0.2) is 18.3 Å². The number of halogens is 1. The van der Waals surface area contributed by atoms with Gasteiger partial charge in [-0.2, -0.15) is 0 Å². The number of aryl methyl sites for hydroxylation is 3. The van der Waals surface area contributed by atoms with Crippen LogP contribution in [0, 0.1) is 20.8 Å². The molecule has 2 aromatic rings. The summed E-state index contributed by atoms with van der Waals surface area (Å²) in [7, 11) is -3.90. The molecule has 0 saturated carbocycles. The topological polar surface area (TPSA) is 99.3 Å². The van der Waals surface area contributed by atoms with Gasteiger partial charge in [0.25, 0.3) is 0 Å². The van der Waals surface area contributed by atoms with Crippen molar-refractivity contribution in [2.45, 2.75) is 25.7 Å². The second-order valence-corrected chi connectivity index (χ2v) is 6.17. The van der Waals surface area contributed by atoms with E-state index in [1.165, 1.54) is 6.92 Å². The average molecular weight is 335 g/mol. The highest BCUT2D eigenvalue weighted by Gasteiger charge is 2.29. The second-order valence-electron chi connectivity index (χ2n) is 3.87. The monoisotopic (exact) mass is 334 g/mol. The van der Waals surface area contributed by atoms with Crippen LogP contribution in [0.2, 0.25) is 0 Å². The minimum Gasteiger partial charge on any atom is -0.464 e. The van der Waals surface area contributed by atoms with E-state index in [2.05, 4.69) is 21.1 Å². The third-order valence-electron chi connectivity index (χ3n) is 2.51. The first kappa shape index (κ1) is 13.3. The van der Waals surface area contributed by atoms with E-state index in [9.17, 15) is 8.42 Å². The number of nitrogens with two attached hydrogens (primary N) is 1. The van der Waals surface area contributed by atoms with Crippen molar-refractivity contribution in [1.29, 1.82) is 0 Å². The number of hydrogen-bond acceptors (Lipinski definition) is 5. The molecule has 6 nitrogen and oxygen atoms in total. The van der Waals surface area contributed by atoms with E-state index >= 15 is 0 Å². The number of hydrogen-bond donors (Lipinski definition) is 1. The lowest BCUT2D eigenvalue weighted by atomic mass is 10.2. The van der Waals surface area contributed by atoms with Crippen molar-refractivity contribution in [3.05, 3.63) is 21.7 Å². The molecular formula is C10H11BrN2O4S. The van der Waals surface area contributed by atoms with Gasteiger partial charge in [-0.3, -0.25) is 0 Å². The van der Waals surface area contributed by atoms with E-state index in [1.807, 2.05) is 0 Å². The van der Waals surface area contributed by atoms with Gasteiger partial charge in [-0.05, 0) is 36.7 Å². The Labute approximate surface area is 112 Å². The van der Waals surface area contributed by atoms with Crippen LogP contribution in [0.3, 0.4) is 0 Å². The van der Waals surface area contributed by atoms with Gasteiger partial charge < -0.3 is 8.94 Å². The van der Waals surface area contributed by atoms with Crippen LogP contribution in [-0.2, 0) is 10.0 Å². The van der Waals surface area contributed by atoms with Gasteiger partial charge in [0.05, 0.1) is 15.7 Å². The molecule has 0 spiro atoms. The maximum absolute atomic E-state index is 11.6. The summed E-state index contributed by atoms with van der Waals surface area (Å²) in [4.78, 5) is -0.0724. The van der Waals surface area contributed by atoms with Crippen LogP contribution in [-0.4, -0.2) is 13.6 Å². The summed E-state index contributed by atoms with van der Waals surface area (Å²) in [5.41, 5.74) is 0.922. The van der Waals surface area contributed by atoms with E-state index in [0.29, 0.717) is 27.3 Å². The minimum atomic E-state index is -3.90. The Balaban J connectivity index is 2.84. The molecule has 2 N–H and O–H groups in total. The fourth-order valence-corrected chi connectivity index (χ4v) is 3.09. The maximum atomic E-state index is 11.6. The standard InChI is InChI=1S/C10H11BrN2O4S/c1-4-8(11)9(17-13-4)7-5(2)16-6(3)10(7)18(12,14)15/h1-3H3,(H2,12,14,15). The van der Waals surface area contributed by atoms with Gasteiger partial charge in [-0.1, -0.05) is 5.16 Å². The third-order valence-corrected chi connectivity index (χ3v) is 4.50. The lowest BCUT2D eigenvalue weighted by molar-refractivity contribution is 0.425. The molecule has 0 aliphatic carbocycles. The molecule has 0 aliphatic heterocycles. The Morgan fingerprint density at radius 1 is 1.22 bits per heavy atom. The molecule has 0 bridgehead atoms. The van der Waals surface area contributed by atoms with Crippen LogP contribution in [0.25, 0.3) is 11.3 Å². The zero-order chi connectivity index (χ0) is 13.7.